The lowest BCUT2D eigenvalue weighted by Crippen LogP contribution is -2.57. The summed E-state index contributed by atoms with van der Waals surface area (Å²) in [6.07, 6.45) is 1.37. The van der Waals surface area contributed by atoms with E-state index in [4.69, 9.17) is 0 Å². The van der Waals surface area contributed by atoms with Crippen LogP contribution in [0.4, 0.5) is 11.4 Å². The number of anilines is 1. The Kier molecular flexibility index (Phi) is 3.25. The van der Waals surface area contributed by atoms with Gasteiger partial charge in [0.25, 0.3) is 0 Å². The molecule has 0 bridgehead atoms. The van der Waals surface area contributed by atoms with E-state index in [0.29, 0.717) is 5.69 Å². The molecule has 21 heavy (non-hydrogen) atoms. The minimum atomic E-state index is -0.343. The first-order valence-electron chi connectivity index (χ1n) is 7.00. The van der Waals surface area contributed by atoms with Crippen molar-refractivity contribution in [3.63, 3.8) is 0 Å². The van der Waals surface area contributed by atoms with Gasteiger partial charge >= 0.3 is 5.69 Å². The molecule has 0 amide bonds. The molecule has 2 heterocycles. The molecule has 110 valence electrons. The van der Waals surface area contributed by atoms with Crippen LogP contribution >= 0.6 is 0 Å². The van der Waals surface area contributed by atoms with Crippen LogP contribution in [0.15, 0.2) is 30.5 Å². The maximum absolute atomic E-state index is 11.4. The second-order valence-corrected chi connectivity index (χ2v) is 6.00. The van der Waals surface area contributed by atoms with Gasteiger partial charge in [0.05, 0.1) is 10.4 Å². The van der Waals surface area contributed by atoms with E-state index in [1.165, 1.54) is 6.20 Å². The summed E-state index contributed by atoms with van der Waals surface area (Å²) >= 11 is 0. The third kappa shape index (κ3) is 2.54. The zero-order valence-corrected chi connectivity index (χ0v) is 12.2. The van der Waals surface area contributed by atoms with Crippen LogP contribution in [0.5, 0.6) is 0 Å². The predicted molar refractivity (Wildman–Crippen MR) is 82.7 cm³/mol. The van der Waals surface area contributed by atoms with Crippen molar-refractivity contribution in [1.82, 2.24) is 10.3 Å². The largest absolute Gasteiger partial charge is 0.362 e. The molecule has 6 heteroatoms. The fraction of sp³-hybridized carbons (Fsp3) is 0.400. The van der Waals surface area contributed by atoms with Gasteiger partial charge < -0.3 is 10.2 Å². The molecular formula is C15H18N4O2. The number of nitro groups is 1. The van der Waals surface area contributed by atoms with Crippen LogP contribution in [0.2, 0.25) is 0 Å². The highest BCUT2D eigenvalue weighted by Crippen LogP contribution is 2.36. The molecular weight excluding hydrogens is 268 g/mol. The number of aromatic nitrogens is 1. The van der Waals surface area contributed by atoms with Gasteiger partial charge in [-0.3, -0.25) is 10.1 Å². The van der Waals surface area contributed by atoms with E-state index in [9.17, 15) is 10.1 Å². The van der Waals surface area contributed by atoms with Crippen LogP contribution in [-0.2, 0) is 0 Å². The zero-order valence-electron chi connectivity index (χ0n) is 12.2. The van der Waals surface area contributed by atoms with Crippen molar-refractivity contribution in [2.24, 2.45) is 0 Å². The molecule has 0 unspecified atom stereocenters. The molecule has 0 atom stereocenters. The number of para-hydroxylation sites is 1. The van der Waals surface area contributed by atoms with Crippen molar-refractivity contribution in [2.75, 3.05) is 24.5 Å². The van der Waals surface area contributed by atoms with E-state index < -0.39 is 0 Å². The number of fused-ring (bicyclic) bond motifs is 1. The maximum atomic E-state index is 11.4. The summed E-state index contributed by atoms with van der Waals surface area (Å²) in [4.78, 5) is 17.4. The number of hydrogen-bond donors (Lipinski definition) is 1. The number of piperazine rings is 1. The molecule has 1 aliphatic rings. The summed E-state index contributed by atoms with van der Waals surface area (Å²) in [7, 11) is 0. The van der Waals surface area contributed by atoms with Gasteiger partial charge in [0, 0.05) is 30.6 Å². The fourth-order valence-corrected chi connectivity index (χ4v) is 2.91. The molecule has 1 N–H and O–H groups in total. The van der Waals surface area contributed by atoms with Crippen molar-refractivity contribution >= 4 is 22.3 Å². The number of rotatable bonds is 2. The lowest BCUT2D eigenvalue weighted by Gasteiger charge is -2.40. The van der Waals surface area contributed by atoms with Gasteiger partial charge in [-0.15, -0.1) is 0 Å². The second-order valence-electron chi connectivity index (χ2n) is 6.00. The van der Waals surface area contributed by atoms with E-state index in [1.54, 1.807) is 0 Å². The highest BCUT2D eigenvalue weighted by molar-refractivity contribution is 5.96. The third-order valence-corrected chi connectivity index (χ3v) is 3.81. The van der Waals surface area contributed by atoms with Gasteiger partial charge in [-0.2, -0.15) is 0 Å². The highest BCUT2D eigenvalue weighted by Gasteiger charge is 2.31. The summed E-state index contributed by atoms with van der Waals surface area (Å²) in [5.74, 6) is 0. The molecule has 1 aliphatic heterocycles. The Hall–Kier alpha value is -2.21. The average molecular weight is 286 g/mol. The van der Waals surface area contributed by atoms with Crippen LogP contribution in [0, 0.1) is 10.1 Å². The quantitative estimate of drug-likeness (QED) is 0.677. The Morgan fingerprint density at radius 3 is 2.86 bits per heavy atom. The van der Waals surface area contributed by atoms with Crippen LogP contribution < -0.4 is 10.2 Å². The molecule has 0 radical (unpaired) electrons. The third-order valence-electron chi connectivity index (χ3n) is 3.81. The summed E-state index contributed by atoms with van der Waals surface area (Å²) < 4.78 is 0. The first-order valence-corrected chi connectivity index (χ1v) is 7.00. The summed E-state index contributed by atoms with van der Waals surface area (Å²) in [6, 6.07) is 7.58. The second kappa shape index (κ2) is 4.96. The van der Waals surface area contributed by atoms with Gasteiger partial charge in [-0.1, -0.05) is 18.2 Å². The van der Waals surface area contributed by atoms with E-state index >= 15 is 0 Å². The minimum absolute atomic E-state index is 0.0729. The van der Waals surface area contributed by atoms with Crippen molar-refractivity contribution < 1.29 is 4.92 Å². The predicted octanol–water partition coefficient (Wildman–Crippen LogP) is 2.33. The topological polar surface area (TPSA) is 71.3 Å². The highest BCUT2D eigenvalue weighted by atomic mass is 16.6. The first-order chi connectivity index (χ1) is 9.98. The van der Waals surface area contributed by atoms with Gasteiger partial charge in [0.1, 0.15) is 11.9 Å². The SMILES string of the molecule is CC1(C)CN(c2c([N+](=O)[O-])cnc3ccccc23)CCN1. The van der Waals surface area contributed by atoms with Gasteiger partial charge in [0.2, 0.25) is 0 Å². The zero-order chi connectivity index (χ0) is 15.0. The Bertz CT molecular complexity index is 699. The van der Waals surface area contributed by atoms with Crippen molar-refractivity contribution in [1.29, 1.82) is 0 Å². The summed E-state index contributed by atoms with van der Waals surface area (Å²) in [6.45, 7) is 6.49. The Morgan fingerprint density at radius 1 is 1.38 bits per heavy atom. The van der Waals surface area contributed by atoms with E-state index in [-0.39, 0.29) is 16.1 Å². The molecule has 6 nitrogen and oxygen atoms in total. The number of nitrogens with zero attached hydrogens (tertiary/aromatic N) is 3. The van der Waals surface area contributed by atoms with Crippen molar-refractivity contribution in [2.45, 2.75) is 19.4 Å². The number of nitrogens with one attached hydrogen (secondary N) is 1. The van der Waals surface area contributed by atoms with E-state index in [0.717, 1.165) is 30.5 Å². The van der Waals surface area contributed by atoms with Crippen LogP contribution in [0.25, 0.3) is 10.9 Å². The van der Waals surface area contributed by atoms with E-state index in [2.05, 4.69) is 29.0 Å². The summed E-state index contributed by atoms with van der Waals surface area (Å²) in [5, 5.41) is 15.7. The lowest BCUT2D eigenvalue weighted by atomic mass is 10.0. The molecule has 3 rings (SSSR count). The first kappa shape index (κ1) is 13.8. The smallest absolute Gasteiger partial charge is 0.311 e. The van der Waals surface area contributed by atoms with Crippen LogP contribution in [-0.4, -0.2) is 35.1 Å². The minimum Gasteiger partial charge on any atom is -0.362 e. The Morgan fingerprint density at radius 2 is 2.14 bits per heavy atom. The van der Waals surface area contributed by atoms with Gasteiger partial charge in [-0.05, 0) is 19.9 Å². The molecule has 0 saturated carbocycles. The molecule has 1 aromatic carbocycles. The normalized spacial score (nSPS) is 17.9. The van der Waals surface area contributed by atoms with Crippen molar-refractivity contribution in [3.8, 4) is 0 Å². The Labute approximate surface area is 122 Å². The van der Waals surface area contributed by atoms with Crippen LogP contribution in [0.1, 0.15) is 13.8 Å². The number of pyridine rings is 1. The molecule has 1 saturated heterocycles. The lowest BCUT2D eigenvalue weighted by molar-refractivity contribution is -0.384. The number of hydrogen-bond acceptors (Lipinski definition) is 5. The standard InChI is InChI=1S/C15H18N4O2/c1-15(2)10-18(8-7-17-15)14-11-5-3-4-6-12(11)16-9-13(14)19(20)21/h3-6,9,17H,7-8,10H2,1-2H3. The molecule has 0 aliphatic carbocycles. The van der Waals surface area contributed by atoms with Gasteiger partial charge in [0.15, 0.2) is 0 Å². The molecule has 2 aromatic rings. The fourth-order valence-electron chi connectivity index (χ4n) is 2.91. The molecule has 1 fully saturated rings. The average Bonchev–Trinajstić information content (AvgIpc) is 2.44. The monoisotopic (exact) mass is 286 g/mol. The van der Waals surface area contributed by atoms with E-state index in [1.807, 2.05) is 24.3 Å². The number of benzene rings is 1. The molecule has 0 spiro atoms. The van der Waals surface area contributed by atoms with Crippen molar-refractivity contribution in [3.05, 3.63) is 40.6 Å². The molecule has 1 aromatic heterocycles. The maximum Gasteiger partial charge on any atom is 0.311 e. The summed E-state index contributed by atoms with van der Waals surface area (Å²) in [5.41, 5.74) is 1.47. The van der Waals surface area contributed by atoms with Gasteiger partial charge in [-0.25, -0.2) is 4.98 Å². The Balaban J connectivity index is 2.18. The van der Waals surface area contributed by atoms with Crippen LogP contribution in [0.3, 0.4) is 0 Å².